The van der Waals surface area contributed by atoms with Crippen LogP contribution in [0.1, 0.15) is 21.8 Å². The third-order valence-electron chi connectivity index (χ3n) is 3.30. The van der Waals surface area contributed by atoms with Gasteiger partial charge in [0.25, 0.3) is 5.91 Å². The molecule has 0 fully saturated rings. The molecule has 1 N–H and O–H groups in total. The number of hydrogen-bond donors (Lipinski definition) is 1. The van der Waals surface area contributed by atoms with Crippen molar-refractivity contribution < 1.29 is 9.21 Å². The molecule has 0 bridgehead atoms. The average molecular weight is 308 g/mol. The Bertz CT molecular complexity index is 799. The number of pyridine rings is 1. The molecule has 1 aromatic carbocycles. The van der Waals surface area contributed by atoms with Crippen LogP contribution in [0.4, 0.5) is 0 Å². The predicted molar refractivity (Wildman–Crippen MR) is 84.7 cm³/mol. The number of amides is 1. The molecule has 0 unspecified atom stereocenters. The summed E-state index contributed by atoms with van der Waals surface area (Å²) >= 11 is 0. The normalized spacial score (nSPS) is 10.5. The summed E-state index contributed by atoms with van der Waals surface area (Å²) in [5.74, 6) is 0.830. The molecule has 3 aromatic rings. The number of nitrogens with one attached hydrogen (secondary N) is 1. The number of aryl methyl sites for hydroxylation is 1. The van der Waals surface area contributed by atoms with E-state index in [0.29, 0.717) is 30.3 Å². The van der Waals surface area contributed by atoms with Crippen molar-refractivity contribution in [2.24, 2.45) is 0 Å². The second-order valence-electron chi connectivity index (χ2n) is 5.11. The van der Waals surface area contributed by atoms with Gasteiger partial charge >= 0.3 is 0 Å². The highest BCUT2D eigenvalue weighted by Crippen LogP contribution is 2.16. The zero-order chi connectivity index (χ0) is 16.1. The fraction of sp³-hybridized carbons (Fsp3) is 0.176. The first-order valence-corrected chi connectivity index (χ1v) is 7.30. The summed E-state index contributed by atoms with van der Waals surface area (Å²) in [5.41, 5.74) is 2.52. The number of benzene rings is 1. The van der Waals surface area contributed by atoms with Gasteiger partial charge in [-0.1, -0.05) is 17.7 Å². The lowest BCUT2D eigenvalue weighted by molar-refractivity contribution is 0.0953. The number of nitrogens with zero attached hydrogens (tertiary/aromatic N) is 3. The molecule has 6 nitrogen and oxygen atoms in total. The molecular formula is C17H16N4O2. The summed E-state index contributed by atoms with van der Waals surface area (Å²) in [7, 11) is 0. The molecule has 0 radical (unpaired) electrons. The van der Waals surface area contributed by atoms with E-state index in [2.05, 4.69) is 20.5 Å². The van der Waals surface area contributed by atoms with Crippen molar-refractivity contribution in [2.45, 2.75) is 13.3 Å². The monoisotopic (exact) mass is 308 g/mol. The zero-order valence-electron chi connectivity index (χ0n) is 12.7. The summed E-state index contributed by atoms with van der Waals surface area (Å²) in [6.07, 6.45) is 3.82. The van der Waals surface area contributed by atoms with Crippen molar-refractivity contribution in [1.82, 2.24) is 20.5 Å². The predicted octanol–water partition coefficient (Wildman–Crippen LogP) is 2.41. The molecule has 0 aliphatic carbocycles. The summed E-state index contributed by atoms with van der Waals surface area (Å²) in [6, 6.07) is 11.1. The highest BCUT2D eigenvalue weighted by molar-refractivity contribution is 5.94. The Hall–Kier alpha value is -3.02. The van der Waals surface area contributed by atoms with Gasteiger partial charge in [0, 0.05) is 36.5 Å². The van der Waals surface area contributed by atoms with Gasteiger partial charge in [0.2, 0.25) is 11.8 Å². The molecule has 0 saturated heterocycles. The minimum absolute atomic E-state index is 0.109. The van der Waals surface area contributed by atoms with Crippen molar-refractivity contribution in [3.05, 3.63) is 65.8 Å². The van der Waals surface area contributed by atoms with Gasteiger partial charge in [0.1, 0.15) is 0 Å². The van der Waals surface area contributed by atoms with Gasteiger partial charge in [-0.25, -0.2) is 0 Å². The Labute approximate surface area is 133 Å². The first-order chi connectivity index (χ1) is 11.2. The maximum Gasteiger partial charge on any atom is 0.251 e. The van der Waals surface area contributed by atoms with E-state index in [1.165, 1.54) is 0 Å². The maximum absolute atomic E-state index is 12.0. The first kappa shape index (κ1) is 14.9. The number of rotatable bonds is 5. The summed E-state index contributed by atoms with van der Waals surface area (Å²) in [4.78, 5) is 16.0. The Balaban J connectivity index is 1.55. The van der Waals surface area contributed by atoms with E-state index in [-0.39, 0.29) is 5.91 Å². The van der Waals surface area contributed by atoms with Crippen molar-refractivity contribution in [1.29, 1.82) is 0 Å². The van der Waals surface area contributed by atoms with E-state index < -0.39 is 0 Å². The van der Waals surface area contributed by atoms with Crippen LogP contribution in [0.5, 0.6) is 0 Å². The molecule has 0 spiro atoms. The van der Waals surface area contributed by atoms with E-state index in [4.69, 9.17) is 4.42 Å². The van der Waals surface area contributed by atoms with Gasteiger partial charge in [-0.05, 0) is 31.2 Å². The number of hydrogen-bond acceptors (Lipinski definition) is 5. The Morgan fingerprint density at radius 1 is 1.17 bits per heavy atom. The standard InChI is InChI=1S/C17H16N4O2/c1-12-3-2-4-14(11-12)16(22)19-10-7-15-20-21-17(23-15)13-5-8-18-9-6-13/h2-6,8-9,11H,7,10H2,1H3,(H,19,22). The second-order valence-corrected chi connectivity index (χ2v) is 5.11. The SMILES string of the molecule is Cc1cccc(C(=O)NCCc2nnc(-c3ccncc3)o2)c1. The molecule has 2 heterocycles. The summed E-state index contributed by atoms with van der Waals surface area (Å²) in [5, 5.41) is 10.8. The molecule has 3 rings (SSSR count). The van der Waals surface area contributed by atoms with Gasteiger partial charge < -0.3 is 9.73 Å². The van der Waals surface area contributed by atoms with Crippen LogP contribution in [-0.2, 0) is 6.42 Å². The van der Waals surface area contributed by atoms with Crippen LogP contribution >= 0.6 is 0 Å². The van der Waals surface area contributed by atoms with Crippen molar-refractivity contribution in [3.8, 4) is 11.5 Å². The van der Waals surface area contributed by atoms with Crippen LogP contribution in [0, 0.1) is 6.92 Å². The Morgan fingerprint density at radius 3 is 2.78 bits per heavy atom. The van der Waals surface area contributed by atoms with Crippen molar-refractivity contribution in [3.63, 3.8) is 0 Å². The summed E-state index contributed by atoms with van der Waals surface area (Å²) < 4.78 is 5.58. The fourth-order valence-electron chi connectivity index (χ4n) is 2.14. The molecule has 0 aliphatic heterocycles. The molecule has 1 amide bonds. The second kappa shape index (κ2) is 6.83. The smallest absolute Gasteiger partial charge is 0.251 e. The minimum Gasteiger partial charge on any atom is -0.421 e. The van der Waals surface area contributed by atoms with E-state index >= 15 is 0 Å². The Kier molecular flexibility index (Phi) is 4.42. The lowest BCUT2D eigenvalue weighted by Crippen LogP contribution is -2.25. The largest absolute Gasteiger partial charge is 0.421 e. The Morgan fingerprint density at radius 2 is 2.00 bits per heavy atom. The molecule has 0 saturated carbocycles. The van der Waals surface area contributed by atoms with Crippen LogP contribution in [0.25, 0.3) is 11.5 Å². The molecule has 116 valence electrons. The minimum atomic E-state index is -0.109. The number of aromatic nitrogens is 3. The van der Waals surface area contributed by atoms with Crippen molar-refractivity contribution >= 4 is 5.91 Å². The fourth-order valence-corrected chi connectivity index (χ4v) is 2.14. The van der Waals surface area contributed by atoms with Crippen LogP contribution in [0.15, 0.2) is 53.2 Å². The van der Waals surface area contributed by atoms with E-state index in [9.17, 15) is 4.79 Å². The van der Waals surface area contributed by atoms with E-state index in [1.807, 2.05) is 25.1 Å². The molecule has 2 aromatic heterocycles. The molecule has 6 heteroatoms. The van der Waals surface area contributed by atoms with E-state index in [0.717, 1.165) is 11.1 Å². The molecule has 0 aliphatic rings. The highest BCUT2D eigenvalue weighted by atomic mass is 16.4. The summed E-state index contributed by atoms with van der Waals surface area (Å²) in [6.45, 7) is 2.39. The van der Waals surface area contributed by atoms with Crippen LogP contribution in [0.2, 0.25) is 0 Å². The van der Waals surface area contributed by atoms with Gasteiger partial charge in [-0.2, -0.15) is 0 Å². The third-order valence-corrected chi connectivity index (χ3v) is 3.30. The van der Waals surface area contributed by atoms with Crippen molar-refractivity contribution in [2.75, 3.05) is 6.54 Å². The van der Waals surface area contributed by atoms with Crippen LogP contribution < -0.4 is 5.32 Å². The maximum atomic E-state index is 12.0. The lowest BCUT2D eigenvalue weighted by Gasteiger charge is -2.04. The topological polar surface area (TPSA) is 80.9 Å². The third kappa shape index (κ3) is 3.79. The number of carbonyl (C=O) groups is 1. The van der Waals surface area contributed by atoms with E-state index in [1.54, 1.807) is 30.6 Å². The highest BCUT2D eigenvalue weighted by Gasteiger charge is 2.09. The van der Waals surface area contributed by atoms with Gasteiger partial charge in [0.05, 0.1) is 0 Å². The zero-order valence-corrected chi connectivity index (χ0v) is 12.7. The van der Waals surface area contributed by atoms with Gasteiger partial charge in [0.15, 0.2) is 0 Å². The molecular weight excluding hydrogens is 292 g/mol. The van der Waals surface area contributed by atoms with Crippen LogP contribution in [0.3, 0.4) is 0 Å². The quantitative estimate of drug-likeness (QED) is 0.783. The lowest BCUT2D eigenvalue weighted by atomic mass is 10.1. The van der Waals surface area contributed by atoms with Gasteiger partial charge in [-0.15, -0.1) is 10.2 Å². The molecule has 23 heavy (non-hydrogen) atoms. The number of carbonyl (C=O) groups excluding carboxylic acids is 1. The molecule has 0 atom stereocenters. The van der Waals surface area contributed by atoms with Crippen LogP contribution in [-0.4, -0.2) is 27.6 Å². The average Bonchev–Trinajstić information content (AvgIpc) is 3.04. The van der Waals surface area contributed by atoms with Gasteiger partial charge in [-0.3, -0.25) is 9.78 Å². The first-order valence-electron chi connectivity index (χ1n) is 7.30.